The van der Waals surface area contributed by atoms with Gasteiger partial charge >= 0.3 is 0 Å². The van der Waals surface area contributed by atoms with E-state index in [0.717, 1.165) is 86.8 Å². The van der Waals surface area contributed by atoms with E-state index in [1.54, 1.807) is 12.1 Å². The Morgan fingerprint density at radius 2 is 1.92 bits per heavy atom. The van der Waals surface area contributed by atoms with Crippen LogP contribution in [0.15, 0.2) is 55.0 Å². The summed E-state index contributed by atoms with van der Waals surface area (Å²) in [6, 6.07) is 7.96. The molecule has 4 nitrogen and oxygen atoms in total. The van der Waals surface area contributed by atoms with Crippen molar-refractivity contribution >= 4 is 11.5 Å². The lowest BCUT2D eigenvalue weighted by atomic mass is 9.72. The predicted octanol–water partition coefficient (Wildman–Crippen LogP) is 6.99. The molecule has 0 radical (unpaired) electrons. The highest BCUT2D eigenvalue weighted by atomic mass is 19.3. The SMILES string of the molecule is C=C1CCc2cc(CCCN3CCC4(CC3)C(=C)Nc3ccc(C(F)F)cc34)cnc2N1C1CC(C)C1. The quantitative estimate of drug-likeness (QED) is 0.459. The van der Waals surface area contributed by atoms with Gasteiger partial charge in [0.05, 0.1) is 0 Å². The number of benzene rings is 1. The first-order chi connectivity index (χ1) is 17.8. The monoisotopic (exact) mass is 504 g/mol. The summed E-state index contributed by atoms with van der Waals surface area (Å²) in [6.45, 7) is 13.9. The summed E-state index contributed by atoms with van der Waals surface area (Å²) < 4.78 is 26.7. The Morgan fingerprint density at radius 3 is 2.65 bits per heavy atom. The van der Waals surface area contributed by atoms with Gasteiger partial charge in [0.2, 0.25) is 0 Å². The van der Waals surface area contributed by atoms with E-state index in [4.69, 9.17) is 4.98 Å². The molecule has 1 saturated heterocycles. The van der Waals surface area contributed by atoms with Gasteiger partial charge in [-0.15, -0.1) is 0 Å². The lowest BCUT2D eigenvalue weighted by Crippen LogP contribution is -2.45. The van der Waals surface area contributed by atoms with Gasteiger partial charge in [0.15, 0.2) is 0 Å². The Balaban J connectivity index is 1.05. The Labute approximate surface area is 219 Å². The van der Waals surface area contributed by atoms with Crippen LogP contribution in [0.3, 0.4) is 0 Å². The van der Waals surface area contributed by atoms with E-state index in [9.17, 15) is 8.78 Å². The van der Waals surface area contributed by atoms with Crippen molar-refractivity contribution in [2.24, 2.45) is 5.92 Å². The number of hydrogen-bond acceptors (Lipinski definition) is 4. The number of aryl methyl sites for hydroxylation is 2. The van der Waals surface area contributed by atoms with Gasteiger partial charge in [0, 0.05) is 40.3 Å². The number of allylic oxidation sites excluding steroid dienone is 2. The average Bonchev–Trinajstić information content (AvgIpc) is 3.14. The van der Waals surface area contributed by atoms with Crippen molar-refractivity contribution in [1.29, 1.82) is 0 Å². The smallest absolute Gasteiger partial charge is 0.263 e. The van der Waals surface area contributed by atoms with Crippen LogP contribution in [0.2, 0.25) is 0 Å². The molecule has 0 atom stereocenters. The second kappa shape index (κ2) is 9.54. The molecule has 0 unspecified atom stereocenters. The van der Waals surface area contributed by atoms with Crippen molar-refractivity contribution < 1.29 is 8.78 Å². The summed E-state index contributed by atoms with van der Waals surface area (Å²) in [4.78, 5) is 9.86. The minimum Gasteiger partial charge on any atom is -0.358 e. The van der Waals surface area contributed by atoms with Crippen molar-refractivity contribution in [3.63, 3.8) is 0 Å². The maximum atomic E-state index is 13.4. The number of likely N-dealkylation sites (tertiary alicyclic amines) is 1. The fraction of sp³-hybridized carbons (Fsp3) is 0.516. The third-order valence-electron chi connectivity index (χ3n) is 9.29. The van der Waals surface area contributed by atoms with Crippen LogP contribution in [0.25, 0.3) is 0 Å². The minimum absolute atomic E-state index is 0.102. The lowest BCUT2D eigenvalue weighted by molar-refractivity contribution is 0.150. The summed E-state index contributed by atoms with van der Waals surface area (Å²) in [5.41, 5.74) is 6.70. The molecule has 1 N–H and O–H groups in total. The summed E-state index contributed by atoms with van der Waals surface area (Å²) >= 11 is 0. The van der Waals surface area contributed by atoms with E-state index in [1.165, 1.54) is 35.7 Å². The Morgan fingerprint density at radius 1 is 1.14 bits per heavy atom. The van der Waals surface area contributed by atoms with Gasteiger partial charge in [-0.25, -0.2) is 13.8 Å². The largest absolute Gasteiger partial charge is 0.358 e. The van der Waals surface area contributed by atoms with Gasteiger partial charge in [-0.05, 0) is 106 Å². The molecule has 6 heteroatoms. The number of anilines is 2. The van der Waals surface area contributed by atoms with Crippen LogP contribution < -0.4 is 10.2 Å². The number of nitrogens with zero attached hydrogens (tertiary/aromatic N) is 3. The molecule has 37 heavy (non-hydrogen) atoms. The minimum atomic E-state index is -2.45. The number of piperidine rings is 1. The van der Waals surface area contributed by atoms with E-state index in [0.29, 0.717) is 6.04 Å². The number of hydrogen-bond donors (Lipinski definition) is 1. The van der Waals surface area contributed by atoms with Crippen LogP contribution in [0.5, 0.6) is 0 Å². The van der Waals surface area contributed by atoms with Gasteiger partial charge in [-0.1, -0.05) is 32.2 Å². The molecule has 1 aromatic carbocycles. The fourth-order valence-corrected chi connectivity index (χ4v) is 7.02. The molecule has 0 bridgehead atoms. The molecule has 3 aliphatic heterocycles. The van der Waals surface area contributed by atoms with Crippen molar-refractivity contribution in [2.45, 2.75) is 76.2 Å². The number of rotatable bonds is 6. The molecule has 2 fully saturated rings. The van der Waals surface area contributed by atoms with Gasteiger partial charge in [-0.2, -0.15) is 0 Å². The van der Waals surface area contributed by atoms with E-state index in [1.807, 2.05) is 0 Å². The molecular weight excluding hydrogens is 466 g/mol. The van der Waals surface area contributed by atoms with Gasteiger partial charge in [0.1, 0.15) is 5.82 Å². The van der Waals surface area contributed by atoms with Gasteiger partial charge < -0.3 is 15.1 Å². The highest BCUT2D eigenvalue weighted by Gasteiger charge is 2.44. The highest BCUT2D eigenvalue weighted by molar-refractivity contribution is 5.69. The third-order valence-corrected chi connectivity index (χ3v) is 9.29. The van der Waals surface area contributed by atoms with Crippen LogP contribution >= 0.6 is 0 Å². The van der Waals surface area contributed by atoms with Crippen molar-refractivity contribution in [3.8, 4) is 0 Å². The maximum Gasteiger partial charge on any atom is 0.263 e. The first kappa shape index (κ1) is 24.6. The summed E-state index contributed by atoms with van der Waals surface area (Å²) in [6.07, 6.45) is 8.12. The van der Waals surface area contributed by atoms with Crippen molar-refractivity contribution in [1.82, 2.24) is 9.88 Å². The van der Waals surface area contributed by atoms with Crippen LogP contribution in [0.1, 0.15) is 74.1 Å². The maximum absolute atomic E-state index is 13.4. The number of aromatic nitrogens is 1. The molecule has 1 saturated carbocycles. The van der Waals surface area contributed by atoms with Crippen molar-refractivity contribution in [3.05, 3.63) is 77.3 Å². The number of halogens is 2. The zero-order valence-electron chi connectivity index (χ0n) is 21.9. The van der Waals surface area contributed by atoms with Crippen LogP contribution in [0.4, 0.5) is 20.3 Å². The second-order valence-corrected chi connectivity index (χ2v) is 11.7. The molecule has 1 aliphatic carbocycles. The molecule has 6 rings (SSSR count). The number of nitrogens with one attached hydrogen (secondary N) is 1. The average molecular weight is 505 g/mol. The van der Waals surface area contributed by atoms with Gasteiger partial charge in [0.25, 0.3) is 6.43 Å². The normalized spacial score (nSPS) is 24.7. The number of fused-ring (bicyclic) bond motifs is 3. The van der Waals surface area contributed by atoms with E-state index < -0.39 is 6.43 Å². The number of alkyl halides is 2. The Bertz CT molecular complexity index is 1210. The number of pyridine rings is 1. The van der Waals surface area contributed by atoms with E-state index in [2.05, 4.69) is 47.5 Å². The Kier molecular flexibility index (Phi) is 6.34. The molecular formula is C31H38F2N4. The fourth-order valence-electron chi connectivity index (χ4n) is 7.02. The molecule has 4 aliphatic rings. The first-order valence-electron chi connectivity index (χ1n) is 13.9. The Hall–Kier alpha value is -2.73. The summed E-state index contributed by atoms with van der Waals surface area (Å²) in [5, 5.41) is 3.38. The van der Waals surface area contributed by atoms with E-state index in [-0.39, 0.29) is 11.0 Å². The van der Waals surface area contributed by atoms with Crippen LogP contribution in [-0.2, 0) is 18.3 Å². The standard InChI is InChI=1S/C31H38F2N4/c1-20-15-26(16-20)37-21(2)6-7-25-17-23(19-34-30(25)37)5-4-12-36-13-10-31(11-14-36)22(3)35-28-9-8-24(29(32)33)18-27(28)31/h8-9,17-20,26,29,35H,2-7,10-16H2,1H3. The molecule has 2 aromatic rings. The molecule has 1 spiro atoms. The summed E-state index contributed by atoms with van der Waals surface area (Å²) in [7, 11) is 0. The summed E-state index contributed by atoms with van der Waals surface area (Å²) in [5.74, 6) is 1.94. The highest BCUT2D eigenvalue weighted by Crippen LogP contribution is 2.50. The first-order valence-corrected chi connectivity index (χ1v) is 13.9. The van der Waals surface area contributed by atoms with Gasteiger partial charge in [-0.3, -0.25) is 0 Å². The second-order valence-electron chi connectivity index (χ2n) is 11.7. The van der Waals surface area contributed by atoms with Crippen LogP contribution in [0, 0.1) is 5.92 Å². The zero-order chi connectivity index (χ0) is 25.7. The lowest BCUT2D eigenvalue weighted by Gasteiger charge is -2.45. The topological polar surface area (TPSA) is 31.4 Å². The zero-order valence-corrected chi connectivity index (χ0v) is 21.9. The molecule has 4 heterocycles. The van der Waals surface area contributed by atoms with Crippen molar-refractivity contribution in [2.75, 3.05) is 29.9 Å². The molecule has 196 valence electrons. The van der Waals surface area contributed by atoms with E-state index >= 15 is 0 Å². The predicted molar refractivity (Wildman–Crippen MR) is 146 cm³/mol. The molecule has 0 amide bonds. The molecule has 1 aromatic heterocycles. The third kappa shape index (κ3) is 4.37. The van der Waals surface area contributed by atoms with Crippen LogP contribution in [-0.4, -0.2) is 35.6 Å².